The average molecular weight is 282 g/mol. The highest BCUT2D eigenvalue weighted by Crippen LogP contribution is 2.34. The zero-order valence-corrected chi connectivity index (χ0v) is 11.7. The maximum Gasteiger partial charge on any atom is 0.213 e. The lowest BCUT2D eigenvalue weighted by Gasteiger charge is -2.12. The quantitative estimate of drug-likeness (QED) is 0.843. The lowest BCUT2D eigenvalue weighted by Crippen LogP contribution is -2.07. The highest BCUT2D eigenvalue weighted by Gasteiger charge is 2.13. The van der Waals surface area contributed by atoms with E-state index in [1.54, 1.807) is 13.0 Å². The van der Waals surface area contributed by atoms with Gasteiger partial charge in [-0.1, -0.05) is 0 Å². The number of nitrogens with two attached hydrogens (primary N) is 1. The average Bonchev–Trinajstić information content (AvgIpc) is 2.70. The van der Waals surface area contributed by atoms with Crippen molar-refractivity contribution in [3.05, 3.63) is 23.8 Å². The predicted molar refractivity (Wildman–Crippen MR) is 71.8 cm³/mol. The van der Waals surface area contributed by atoms with Gasteiger partial charge in [0.1, 0.15) is 5.82 Å². The van der Waals surface area contributed by atoms with Crippen molar-refractivity contribution in [1.82, 2.24) is 15.2 Å². The van der Waals surface area contributed by atoms with Gasteiger partial charge in [-0.15, -0.1) is 5.10 Å². The lowest BCUT2D eigenvalue weighted by molar-refractivity contribution is 0.230. The minimum Gasteiger partial charge on any atom is -0.488 e. The van der Waals surface area contributed by atoms with Crippen LogP contribution in [-0.2, 0) is 0 Å². The summed E-state index contributed by atoms with van der Waals surface area (Å²) in [5, 5.41) is 7.27. The number of aromatic amines is 1. The van der Waals surface area contributed by atoms with Gasteiger partial charge in [0.2, 0.25) is 5.16 Å². The summed E-state index contributed by atoms with van der Waals surface area (Å²) in [5.41, 5.74) is 6.13. The molecule has 0 fully saturated rings. The molecule has 19 heavy (non-hydrogen) atoms. The molecule has 1 heterocycles. The van der Waals surface area contributed by atoms with Gasteiger partial charge in [0.25, 0.3) is 0 Å². The molecule has 0 amide bonds. The van der Waals surface area contributed by atoms with Gasteiger partial charge in [0.15, 0.2) is 11.6 Å². The number of hydrogen-bond donors (Lipinski definition) is 2. The Balaban J connectivity index is 2.29. The van der Waals surface area contributed by atoms with Gasteiger partial charge < -0.3 is 10.5 Å². The number of aryl methyl sites for hydroxylation is 1. The van der Waals surface area contributed by atoms with Crippen molar-refractivity contribution in [3.63, 3.8) is 0 Å². The Hall–Kier alpha value is -1.76. The van der Waals surface area contributed by atoms with Crippen molar-refractivity contribution in [2.75, 3.05) is 5.73 Å². The van der Waals surface area contributed by atoms with E-state index in [-0.39, 0.29) is 11.9 Å². The fraction of sp³-hybridized carbons (Fsp3) is 0.333. The van der Waals surface area contributed by atoms with Crippen molar-refractivity contribution in [1.29, 1.82) is 0 Å². The van der Waals surface area contributed by atoms with Crippen LogP contribution in [0, 0.1) is 12.7 Å². The molecule has 0 bridgehead atoms. The molecule has 5 nitrogen and oxygen atoms in total. The number of benzene rings is 1. The van der Waals surface area contributed by atoms with E-state index in [1.165, 1.54) is 17.8 Å². The first-order valence-electron chi connectivity index (χ1n) is 5.78. The Morgan fingerprint density at radius 1 is 1.42 bits per heavy atom. The van der Waals surface area contributed by atoms with Crippen LogP contribution in [-0.4, -0.2) is 21.3 Å². The molecule has 0 unspecified atom stereocenters. The van der Waals surface area contributed by atoms with Gasteiger partial charge in [0.05, 0.1) is 6.10 Å². The van der Waals surface area contributed by atoms with Gasteiger partial charge in [0, 0.05) is 16.6 Å². The van der Waals surface area contributed by atoms with E-state index in [0.717, 1.165) is 0 Å². The predicted octanol–water partition coefficient (Wildman–Crippen LogP) is 2.77. The molecule has 0 aliphatic heterocycles. The maximum absolute atomic E-state index is 13.7. The summed E-state index contributed by atoms with van der Waals surface area (Å²) in [6.45, 7) is 5.47. The van der Waals surface area contributed by atoms with Crippen LogP contribution in [0.3, 0.4) is 0 Å². The summed E-state index contributed by atoms with van der Waals surface area (Å²) in [6, 6.07) is 2.82. The van der Waals surface area contributed by atoms with Crippen molar-refractivity contribution >= 4 is 17.4 Å². The molecule has 0 saturated heterocycles. The molecule has 0 saturated carbocycles. The number of aromatic nitrogens is 3. The molecule has 0 aliphatic rings. The van der Waals surface area contributed by atoms with Gasteiger partial charge in [-0.25, -0.2) is 9.37 Å². The summed E-state index contributed by atoms with van der Waals surface area (Å²) < 4.78 is 19.1. The first-order chi connectivity index (χ1) is 8.95. The number of H-pyrrole nitrogens is 1. The number of hydrogen-bond acceptors (Lipinski definition) is 5. The second-order valence-electron chi connectivity index (χ2n) is 4.29. The monoisotopic (exact) mass is 282 g/mol. The van der Waals surface area contributed by atoms with Crippen LogP contribution in [0.5, 0.6) is 5.75 Å². The molecule has 2 aromatic rings. The van der Waals surface area contributed by atoms with Crippen LogP contribution < -0.4 is 10.5 Å². The minimum absolute atomic E-state index is 0.110. The summed E-state index contributed by atoms with van der Waals surface area (Å²) in [6.07, 6.45) is -0.110. The maximum atomic E-state index is 13.7. The Kier molecular flexibility index (Phi) is 3.94. The molecule has 0 atom stereocenters. The van der Waals surface area contributed by atoms with Crippen molar-refractivity contribution in [3.8, 4) is 5.75 Å². The number of nitrogen functional groups attached to an aromatic ring is 1. The molecule has 1 aromatic carbocycles. The van der Waals surface area contributed by atoms with E-state index in [9.17, 15) is 4.39 Å². The first kappa shape index (κ1) is 13.7. The molecule has 0 spiro atoms. The van der Waals surface area contributed by atoms with Crippen molar-refractivity contribution < 1.29 is 9.13 Å². The molecule has 3 N–H and O–H groups in total. The van der Waals surface area contributed by atoms with E-state index in [1.807, 2.05) is 13.8 Å². The van der Waals surface area contributed by atoms with Crippen molar-refractivity contribution in [2.24, 2.45) is 0 Å². The third-order valence-corrected chi connectivity index (χ3v) is 3.14. The summed E-state index contributed by atoms with van der Waals surface area (Å²) in [5.74, 6) is 0.419. The second-order valence-corrected chi connectivity index (χ2v) is 5.30. The van der Waals surface area contributed by atoms with Crippen LogP contribution in [0.15, 0.2) is 22.2 Å². The first-order valence-corrected chi connectivity index (χ1v) is 6.60. The number of rotatable bonds is 4. The fourth-order valence-electron chi connectivity index (χ4n) is 1.45. The van der Waals surface area contributed by atoms with E-state index in [0.29, 0.717) is 21.6 Å². The Labute approximate surface area is 114 Å². The minimum atomic E-state index is -0.471. The summed E-state index contributed by atoms with van der Waals surface area (Å²) in [4.78, 5) is 4.83. The van der Waals surface area contributed by atoms with Gasteiger partial charge >= 0.3 is 0 Å². The topological polar surface area (TPSA) is 76.8 Å². The van der Waals surface area contributed by atoms with E-state index in [2.05, 4.69) is 15.2 Å². The van der Waals surface area contributed by atoms with E-state index >= 15 is 0 Å². The number of ether oxygens (including phenoxy) is 1. The van der Waals surface area contributed by atoms with Crippen LogP contribution >= 0.6 is 11.8 Å². The zero-order valence-electron chi connectivity index (χ0n) is 10.9. The van der Waals surface area contributed by atoms with E-state index in [4.69, 9.17) is 10.5 Å². The Bertz CT molecular complexity index is 585. The molecule has 102 valence electrons. The number of halogens is 1. The summed E-state index contributed by atoms with van der Waals surface area (Å²) in [7, 11) is 0. The van der Waals surface area contributed by atoms with Gasteiger partial charge in [-0.05, 0) is 38.6 Å². The smallest absolute Gasteiger partial charge is 0.213 e. The molecule has 1 aromatic heterocycles. The Morgan fingerprint density at radius 2 is 2.16 bits per heavy atom. The van der Waals surface area contributed by atoms with Crippen LogP contribution in [0.1, 0.15) is 19.7 Å². The molecular formula is C12H15FN4OS. The summed E-state index contributed by atoms with van der Waals surface area (Å²) >= 11 is 1.26. The van der Waals surface area contributed by atoms with Crippen LogP contribution in [0.25, 0.3) is 0 Å². The second kappa shape index (κ2) is 5.48. The van der Waals surface area contributed by atoms with Crippen molar-refractivity contribution in [2.45, 2.75) is 36.9 Å². The van der Waals surface area contributed by atoms with Gasteiger partial charge in [-0.3, -0.25) is 5.10 Å². The number of nitrogens with one attached hydrogen (secondary N) is 1. The normalized spacial score (nSPS) is 11.0. The number of anilines is 1. The molecule has 0 radical (unpaired) electrons. The van der Waals surface area contributed by atoms with E-state index < -0.39 is 5.82 Å². The SMILES string of the molecule is Cc1nc(Sc2cc(OC(C)C)c(F)cc2N)n[nH]1. The highest BCUT2D eigenvalue weighted by molar-refractivity contribution is 7.99. The third-order valence-electron chi connectivity index (χ3n) is 2.20. The molecule has 7 heteroatoms. The van der Waals surface area contributed by atoms with Gasteiger partial charge in [-0.2, -0.15) is 0 Å². The van der Waals surface area contributed by atoms with Crippen LogP contribution in [0.4, 0.5) is 10.1 Å². The third kappa shape index (κ3) is 3.37. The lowest BCUT2D eigenvalue weighted by atomic mass is 10.3. The molecular weight excluding hydrogens is 267 g/mol. The molecule has 2 rings (SSSR count). The fourth-order valence-corrected chi connectivity index (χ4v) is 2.26. The standard InChI is InChI=1S/C12H15FN4OS/c1-6(2)18-10-5-11(9(14)4-8(10)13)19-12-15-7(3)16-17-12/h4-6H,14H2,1-3H3,(H,15,16,17). The number of nitrogens with zero attached hydrogens (tertiary/aromatic N) is 2. The largest absolute Gasteiger partial charge is 0.488 e. The molecule has 0 aliphatic carbocycles. The highest BCUT2D eigenvalue weighted by atomic mass is 32.2. The Morgan fingerprint density at radius 3 is 2.74 bits per heavy atom. The van der Waals surface area contributed by atoms with Crippen LogP contribution in [0.2, 0.25) is 0 Å². The zero-order chi connectivity index (χ0) is 14.0.